The molecule has 7 heteroatoms. The van der Waals surface area contributed by atoms with Crippen LogP contribution >= 0.6 is 11.6 Å². The lowest BCUT2D eigenvalue weighted by Gasteiger charge is -2.11. The summed E-state index contributed by atoms with van der Waals surface area (Å²) in [5.41, 5.74) is 0.530. The summed E-state index contributed by atoms with van der Waals surface area (Å²) in [6, 6.07) is 3.70. The summed E-state index contributed by atoms with van der Waals surface area (Å²) < 4.78 is 19.2. The minimum Gasteiger partial charge on any atom is -0.488 e. The maximum Gasteiger partial charge on any atom is 0.353 e. The van der Waals surface area contributed by atoms with Crippen LogP contribution in [0.3, 0.4) is 0 Å². The molecule has 1 aromatic carbocycles. The van der Waals surface area contributed by atoms with Crippen molar-refractivity contribution in [2.45, 2.75) is 18.9 Å². The van der Waals surface area contributed by atoms with Crippen LogP contribution in [-0.2, 0) is 0 Å². The van der Waals surface area contributed by atoms with E-state index in [0.29, 0.717) is 11.3 Å². The third kappa shape index (κ3) is 2.46. The third-order valence-electron chi connectivity index (χ3n) is 2.90. The van der Waals surface area contributed by atoms with Crippen LogP contribution in [-0.4, -0.2) is 27.4 Å². The number of carboxylic acids is 1. The molecule has 0 amide bonds. The lowest BCUT2D eigenvalue weighted by molar-refractivity contribution is 0.0690. The Bertz CT molecular complexity index is 682. The fourth-order valence-electron chi connectivity index (χ4n) is 1.79. The molecule has 0 radical (unpaired) electrons. The molecule has 1 aromatic heterocycles. The van der Waals surface area contributed by atoms with Crippen molar-refractivity contribution in [3.8, 4) is 17.0 Å². The molecule has 0 unspecified atom stereocenters. The van der Waals surface area contributed by atoms with E-state index in [-0.39, 0.29) is 22.5 Å². The zero-order valence-corrected chi connectivity index (χ0v) is 10.9. The number of hydrogen-bond donors (Lipinski definition) is 2. The topological polar surface area (TPSA) is 75.2 Å². The van der Waals surface area contributed by atoms with Crippen molar-refractivity contribution >= 4 is 17.6 Å². The van der Waals surface area contributed by atoms with E-state index in [1.54, 1.807) is 0 Å². The van der Waals surface area contributed by atoms with Crippen molar-refractivity contribution in [1.29, 1.82) is 0 Å². The lowest BCUT2D eigenvalue weighted by Crippen LogP contribution is -1.99. The molecule has 20 heavy (non-hydrogen) atoms. The molecule has 104 valence electrons. The number of ether oxygens (including phenoxy) is 1. The lowest BCUT2D eigenvalue weighted by atomic mass is 10.1. The highest BCUT2D eigenvalue weighted by Gasteiger charge is 2.27. The van der Waals surface area contributed by atoms with E-state index in [2.05, 4.69) is 10.2 Å². The number of nitrogens with zero attached hydrogens (tertiary/aromatic N) is 1. The number of nitrogens with one attached hydrogen (secondary N) is 1. The molecular formula is C13H10ClFN2O3. The maximum atomic E-state index is 13.5. The first-order chi connectivity index (χ1) is 9.54. The predicted octanol–water partition coefficient (Wildman–Crippen LogP) is 3.11. The van der Waals surface area contributed by atoms with Gasteiger partial charge in [0.25, 0.3) is 0 Å². The largest absolute Gasteiger partial charge is 0.488 e. The monoisotopic (exact) mass is 296 g/mol. The molecule has 0 spiro atoms. The van der Waals surface area contributed by atoms with Gasteiger partial charge in [0.1, 0.15) is 17.3 Å². The minimum absolute atomic E-state index is 0.0783. The molecule has 2 N–H and O–H groups in total. The number of aromatic nitrogens is 2. The highest BCUT2D eigenvalue weighted by molar-refractivity contribution is 6.32. The third-order valence-corrected chi connectivity index (χ3v) is 3.18. The summed E-state index contributed by atoms with van der Waals surface area (Å²) >= 11 is 6.01. The zero-order valence-electron chi connectivity index (χ0n) is 10.2. The Labute approximate surface area is 118 Å². The quantitative estimate of drug-likeness (QED) is 0.909. The normalized spacial score (nSPS) is 14.3. The number of halogens is 2. The molecule has 5 nitrogen and oxygen atoms in total. The number of rotatable bonds is 4. The average molecular weight is 297 g/mol. The highest BCUT2D eigenvalue weighted by Crippen LogP contribution is 2.40. The first-order valence-electron chi connectivity index (χ1n) is 5.99. The smallest absolute Gasteiger partial charge is 0.353 e. The number of benzene rings is 1. The van der Waals surface area contributed by atoms with Crippen LogP contribution in [0, 0.1) is 5.82 Å². The molecule has 1 heterocycles. The average Bonchev–Trinajstić information content (AvgIpc) is 3.05. The Balaban J connectivity index is 2.07. The summed E-state index contributed by atoms with van der Waals surface area (Å²) in [6.45, 7) is 0. The molecule has 0 saturated heterocycles. The van der Waals surface area contributed by atoms with E-state index in [0.717, 1.165) is 18.9 Å². The van der Waals surface area contributed by atoms with Gasteiger partial charge < -0.3 is 9.84 Å². The van der Waals surface area contributed by atoms with Crippen molar-refractivity contribution in [2.24, 2.45) is 0 Å². The van der Waals surface area contributed by atoms with Gasteiger partial charge in [0, 0.05) is 5.56 Å². The van der Waals surface area contributed by atoms with Gasteiger partial charge in [-0.05, 0) is 31.0 Å². The number of hydrogen-bond acceptors (Lipinski definition) is 3. The molecule has 1 aliphatic rings. The van der Waals surface area contributed by atoms with Crippen molar-refractivity contribution in [3.63, 3.8) is 0 Å². The second kappa shape index (κ2) is 4.79. The Morgan fingerprint density at radius 1 is 1.45 bits per heavy atom. The van der Waals surface area contributed by atoms with Gasteiger partial charge in [-0.15, -0.1) is 0 Å². The Morgan fingerprint density at radius 2 is 2.20 bits per heavy atom. The van der Waals surface area contributed by atoms with Crippen LogP contribution in [0.1, 0.15) is 23.3 Å². The number of carbonyl (C=O) groups is 1. The standard InChI is InChI=1S/C13H10ClFN2O3/c14-9-4-6(15)3-8(12(9)20-7-1-2-7)10-5-11(13(18)19)17-16-10/h3-5,7H,1-2H2,(H,16,17)(H,18,19). The fraction of sp³-hybridized carbons (Fsp3) is 0.231. The molecule has 0 aliphatic heterocycles. The summed E-state index contributed by atoms with van der Waals surface area (Å²) in [6.07, 6.45) is 1.93. The Hall–Kier alpha value is -2.08. The molecular weight excluding hydrogens is 287 g/mol. The zero-order chi connectivity index (χ0) is 14.3. The van der Waals surface area contributed by atoms with E-state index in [9.17, 15) is 9.18 Å². The first-order valence-corrected chi connectivity index (χ1v) is 6.37. The summed E-state index contributed by atoms with van der Waals surface area (Å²) in [5.74, 6) is -1.34. The summed E-state index contributed by atoms with van der Waals surface area (Å²) in [5, 5.41) is 15.3. The van der Waals surface area contributed by atoms with E-state index in [1.165, 1.54) is 12.1 Å². The van der Waals surface area contributed by atoms with Crippen molar-refractivity contribution in [3.05, 3.63) is 34.7 Å². The molecule has 1 aliphatic carbocycles. The predicted molar refractivity (Wildman–Crippen MR) is 69.6 cm³/mol. The maximum absolute atomic E-state index is 13.5. The van der Waals surface area contributed by atoms with E-state index in [1.807, 2.05) is 0 Å². The van der Waals surface area contributed by atoms with Crippen LogP contribution in [0.5, 0.6) is 5.75 Å². The van der Waals surface area contributed by atoms with Crippen LogP contribution < -0.4 is 4.74 Å². The number of carboxylic acid groups (broad SMARTS) is 1. The molecule has 0 bridgehead atoms. The van der Waals surface area contributed by atoms with Gasteiger partial charge in [-0.3, -0.25) is 5.10 Å². The van der Waals surface area contributed by atoms with E-state index >= 15 is 0 Å². The van der Waals surface area contributed by atoms with Crippen LogP contribution in [0.2, 0.25) is 5.02 Å². The van der Waals surface area contributed by atoms with E-state index < -0.39 is 11.8 Å². The minimum atomic E-state index is -1.14. The van der Waals surface area contributed by atoms with Crippen LogP contribution in [0.4, 0.5) is 4.39 Å². The summed E-state index contributed by atoms with van der Waals surface area (Å²) in [7, 11) is 0. The molecule has 2 aromatic rings. The number of aromatic amines is 1. The van der Waals surface area contributed by atoms with Gasteiger partial charge in [-0.2, -0.15) is 5.10 Å². The van der Waals surface area contributed by atoms with Crippen LogP contribution in [0.25, 0.3) is 11.3 Å². The molecule has 1 fully saturated rings. The van der Waals surface area contributed by atoms with Gasteiger partial charge in [-0.1, -0.05) is 11.6 Å². The van der Waals surface area contributed by atoms with E-state index in [4.69, 9.17) is 21.4 Å². The van der Waals surface area contributed by atoms with Gasteiger partial charge >= 0.3 is 5.97 Å². The number of aromatic carboxylic acids is 1. The second-order valence-corrected chi connectivity index (χ2v) is 4.96. The second-order valence-electron chi connectivity index (χ2n) is 4.55. The molecule has 1 saturated carbocycles. The Morgan fingerprint density at radius 3 is 2.80 bits per heavy atom. The van der Waals surface area contributed by atoms with Gasteiger partial charge in [0.05, 0.1) is 16.8 Å². The highest BCUT2D eigenvalue weighted by atomic mass is 35.5. The number of H-pyrrole nitrogens is 1. The van der Waals surface area contributed by atoms with Gasteiger partial charge in [0.2, 0.25) is 0 Å². The SMILES string of the molecule is O=C(O)c1cc(-c2cc(F)cc(Cl)c2OC2CC2)n[nH]1. The molecule has 0 atom stereocenters. The Kier molecular flexibility index (Phi) is 3.10. The van der Waals surface area contributed by atoms with Crippen LogP contribution in [0.15, 0.2) is 18.2 Å². The van der Waals surface area contributed by atoms with Crippen molar-refractivity contribution in [2.75, 3.05) is 0 Å². The first kappa shape index (κ1) is 12.9. The van der Waals surface area contributed by atoms with Gasteiger partial charge in [-0.25, -0.2) is 9.18 Å². The fourth-order valence-corrected chi connectivity index (χ4v) is 2.04. The van der Waals surface area contributed by atoms with Crippen molar-refractivity contribution in [1.82, 2.24) is 10.2 Å². The summed E-state index contributed by atoms with van der Waals surface area (Å²) in [4.78, 5) is 10.8. The van der Waals surface area contributed by atoms with Crippen molar-refractivity contribution < 1.29 is 19.0 Å². The molecule has 3 rings (SSSR count). The van der Waals surface area contributed by atoms with Gasteiger partial charge in [0.15, 0.2) is 0 Å².